The molecule has 0 saturated carbocycles. The predicted molar refractivity (Wildman–Crippen MR) is 76.1 cm³/mol. The maximum Gasteiger partial charge on any atom is 0.276 e. The van der Waals surface area contributed by atoms with Gasteiger partial charge in [0.1, 0.15) is 0 Å². The van der Waals surface area contributed by atoms with Crippen molar-refractivity contribution >= 4 is 15.7 Å². The fourth-order valence-electron chi connectivity index (χ4n) is 2.22. The number of nitro groups is 1. The largest absolute Gasteiger partial charge is 0.329 e. The molecule has 112 valence electrons. The summed E-state index contributed by atoms with van der Waals surface area (Å²) in [5.41, 5.74) is 6.29. The van der Waals surface area contributed by atoms with Gasteiger partial charge in [0.2, 0.25) is 10.0 Å². The summed E-state index contributed by atoms with van der Waals surface area (Å²) in [6.45, 7) is 6.42. The molecule has 0 aliphatic heterocycles. The normalized spacial score (nSPS) is 13.2. The summed E-state index contributed by atoms with van der Waals surface area (Å²) in [4.78, 5) is 10.5. The maximum absolute atomic E-state index is 12.3. The van der Waals surface area contributed by atoms with Gasteiger partial charge in [-0.1, -0.05) is 0 Å². The number of nitrogens with one attached hydrogen (secondary N) is 1. The summed E-state index contributed by atoms with van der Waals surface area (Å²) >= 11 is 0. The van der Waals surface area contributed by atoms with Crippen LogP contribution in [-0.2, 0) is 10.0 Å². The molecule has 0 bridgehead atoms. The Labute approximate surface area is 118 Å². The van der Waals surface area contributed by atoms with E-state index >= 15 is 0 Å². The van der Waals surface area contributed by atoms with Gasteiger partial charge in [-0.15, -0.1) is 0 Å². The Bertz CT molecular complexity index is 641. The van der Waals surface area contributed by atoms with E-state index in [0.29, 0.717) is 11.1 Å². The van der Waals surface area contributed by atoms with Gasteiger partial charge in [0.05, 0.1) is 9.82 Å². The van der Waals surface area contributed by atoms with Crippen LogP contribution in [-0.4, -0.2) is 25.9 Å². The molecule has 1 aromatic carbocycles. The number of aryl methyl sites for hydroxylation is 2. The molecule has 0 heterocycles. The minimum absolute atomic E-state index is 0.0462. The van der Waals surface area contributed by atoms with E-state index in [-0.39, 0.29) is 22.7 Å². The van der Waals surface area contributed by atoms with Crippen molar-refractivity contribution in [2.45, 2.75) is 38.6 Å². The van der Waals surface area contributed by atoms with E-state index in [4.69, 9.17) is 5.73 Å². The third-order valence-corrected chi connectivity index (χ3v) is 4.90. The number of benzene rings is 1. The van der Waals surface area contributed by atoms with Gasteiger partial charge in [-0.05, 0) is 39.3 Å². The first-order chi connectivity index (χ1) is 9.11. The molecule has 1 rings (SSSR count). The molecular formula is C12H19N3O4S. The molecule has 8 heteroatoms. The fourth-order valence-corrected chi connectivity index (χ4v) is 3.95. The van der Waals surface area contributed by atoms with E-state index < -0.39 is 21.0 Å². The molecule has 1 aromatic rings. The van der Waals surface area contributed by atoms with Crippen LogP contribution in [0.2, 0.25) is 0 Å². The van der Waals surface area contributed by atoms with Crippen molar-refractivity contribution in [3.63, 3.8) is 0 Å². The average Bonchev–Trinajstić information content (AvgIpc) is 2.25. The Morgan fingerprint density at radius 1 is 1.35 bits per heavy atom. The summed E-state index contributed by atoms with van der Waals surface area (Å²) in [7, 11) is -3.84. The molecule has 3 N–H and O–H groups in total. The van der Waals surface area contributed by atoms with Crippen LogP contribution in [0.25, 0.3) is 0 Å². The van der Waals surface area contributed by atoms with E-state index in [2.05, 4.69) is 4.72 Å². The van der Waals surface area contributed by atoms with Gasteiger partial charge in [0.15, 0.2) is 0 Å². The fraction of sp³-hybridized carbons (Fsp3) is 0.500. The number of nitrogens with zero attached hydrogens (tertiary/aromatic N) is 1. The van der Waals surface area contributed by atoms with Gasteiger partial charge >= 0.3 is 0 Å². The molecule has 0 unspecified atom stereocenters. The van der Waals surface area contributed by atoms with Gasteiger partial charge in [0.25, 0.3) is 5.69 Å². The summed E-state index contributed by atoms with van der Waals surface area (Å²) in [5, 5.41) is 11.1. The zero-order valence-electron chi connectivity index (χ0n) is 11.9. The average molecular weight is 301 g/mol. The lowest BCUT2D eigenvalue weighted by atomic mass is 10.1. The molecule has 0 aromatic heterocycles. The number of rotatable bonds is 5. The van der Waals surface area contributed by atoms with Crippen molar-refractivity contribution in [2.75, 3.05) is 6.54 Å². The Morgan fingerprint density at radius 3 is 2.35 bits per heavy atom. The van der Waals surface area contributed by atoms with Crippen molar-refractivity contribution in [1.82, 2.24) is 4.72 Å². The molecule has 7 nitrogen and oxygen atoms in total. The predicted octanol–water partition coefficient (Wildman–Crippen LogP) is 1.15. The summed E-state index contributed by atoms with van der Waals surface area (Å²) in [6, 6.07) is 1.06. The van der Waals surface area contributed by atoms with Gasteiger partial charge < -0.3 is 5.73 Å². The highest BCUT2D eigenvalue weighted by Gasteiger charge is 2.28. The molecular weight excluding hydrogens is 282 g/mol. The topological polar surface area (TPSA) is 115 Å². The second-order valence-electron chi connectivity index (χ2n) is 4.83. The summed E-state index contributed by atoms with van der Waals surface area (Å²) < 4.78 is 27.1. The molecule has 0 radical (unpaired) electrons. The number of nitro benzene ring substituents is 1. The number of nitrogens with two attached hydrogens (primary N) is 1. The third-order valence-electron chi connectivity index (χ3n) is 3.02. The number of sulfonamides is 1. The number of hydrogen-bond acceptors (Lipinski definition) is 5. The standard InChI is InChI=1S/C12H19N3O4S/c1-7-5-8(2)12(10(4)11(7)15(16)17)20(18,19)14-9(3)6-13/h5,9,14H,6,13H2,1-4H3/t9-/m1/s1. The van der Waals surface area contributed by atoms with Crippen molar-refractivity contribution in [2.24, 2.45) is 5.73 Å². The minimum atomic E-state index is -3.84. The number of hydrogen-bond donors (Lipinski definition) is 2. The molecule has 20 heavy (non-hydrogen) atoms. The van der Waals surface area contributed by atoms with Gasteiger partial charge in [-0.2, -0.15) is 0 Å². The lowest BCUT2D eigenvalue weighted by Crippen LogP contribution is -2.38. The molecule has 1 atom stereocenters. The zero-order valence-corrected chi connectivity index (χ0v) is 12.7. The van der Waals surface area contributed by atoms with Crippen LogP contribution in [0.1, 0.15) is 23.6 Å². The molecule has 0 amide bonds. The Hall–Kier alpha value is -1.51. The molecule has 0 spiro atoms. The highest BCUT2D eigenvalue weighted by atomic mass is 32.2. The van der Waals surface area contributed by atoms with Gasteiger partial charge in [-0.3, -0.25) is 10.1 Å². The summed E-state index contributed by atoms with van der Waals surface area (Å²) in [5.74, 6) is 0. The Morgan fingerprint density at radius 2 is 1.90 bits per heavy atom. The SMILES string of the molecule is Cc1cc(C)c(S(=O)(=O)N[C@H](C)CN)c(C)c1[N+](=O)[O-]. The Kier molecular flexibility index (Phi) is 4.85. The second-order valence-corrected chi connectivity index (χ2v) is 6.48. The first-order valence-corrected chi connectivity index (χ1v) is 7.57. The van der Waals surface area contributed by atoms with E-state index in [1.807, 2.05) is 0 Å². The van der Waals surface area contributed by atoms with E-state index in [0.717, 1.165) is 0 Å². The minimum Gasteiger partial charge on any atom is -0.329 e. The van der Waals surface area contributed by atoms with Crippen molar-refractivity contribution in [1.29, 1.82) is 0 Å². The third kappa shape index (κ3) is 3.14. The molecule has 0 aliphatic carbocycles. The first-order valence-electron chi connectivity index (χ1n) is 6.09. The lowest BCUT2D eigenvalue weighted by molar-refractivity contribution is -0.386. The van der Waals surface area contributed by atoms with E-state index in [9.17, 15) is 18.5 Å². The van der Waals surface area contributed by atoms with Crippen LogP contribution in [0, 0.1) is 30.9 Å². The van der Waals surface area contributed by atoms with Gasteiger partial charge in [0, 0.05) is 23.7 Å². The van der Waals surface area contributed by atoms with Crippen LogP contribution >= 0.6 is 0 Å². The monoisotopic (exact) mass is 301 g/mol. The summed E-state index contributed by atoms with van der Waals surface area (Å²) in [6.07, 6.45) is 0. The lowest BCUT2D eigenvalue weighted by Gasteiger charge is -2.16. The highest BCUT2D eigenvalue weighted by molar-refractivity contribution is 7.89. The smallest absolute Gasteiger partial charge is 0.276 e. The van der Waals surface area contributed by atoms with Crippen LogP contribution < -0.4 is 10.5 Å². The molecule has 0 fully saturated rings. The van der Waals surface area contributed by atoms with Crippen LogP contribution in [0.4, 0.5) is 5.69 Å². The quantitative estimate of drug-likeness (QED) is 0.625. The second kappa shape index (κ2) is 5.86. The maximum atomic E-state index is 12.3. The highest BCUT2D eigenvalue weighted by Crippen LogP contribution is 2.31. The zero-order chi connectivity index (χ0) is 15.7. The van der Waals surface area contributed by atoms with Crippen LogP contribution in [0.3, 0.4) is 0 Å². The van der Waals surface area contributed by atoms with E-state index in [1.54, 1.807) is 20.8 Å². The van der Waals surface area contributed by atoms with Crippen molar-refractivity contribution in [3.05, 3.63) is 32.9 Å². The molecule has 0 aliphatic rings. The molecule has 0 saturated heterocycles. The Balaban J connectivity index is 3.53. The first kappa shape index (κ1) is 16.5. The van der Waals surface area contributed by atoms with Crippen molar-refractivity contribution < 1.29 is 13.3 Å². The van der Waals surface area contributed by atoms with Crippen molar-refractivity contribution in [3.8, 4) is 0 Å². The van der Waals surface area contributed by atoms with Crippen LogP contribution in [0.15, 0.2) is 11.0 Å². The van der Waals surface area contributed by atoms with Crippen LogP contribution in [0.5, 0.6) is 0 Å². The van der Waals surface area contributed by atoms with E-state index in [1.165, 1.54) is 13.0 Å². The van der Waals surface area contributed by atoms with Gasteiger partial charge in [-0.25, -0.2) is 13.1 Å².